The van der Waals surface area contributed by atoms with Gasteiger partial charge in [0.2, 0.25) is 5.88 Å². The molecular formula is C30H32F3N3O4. The number of carbonyl (C=O) groups excluding carboxylic acids is 1. The van der Waals surface area contributed by atoms with E-state index in [2.05, 4.69) is 10.3 Å². The van der Waals surface area contributed by atoms with Gasteiger partial charge in [0.1, 0.15) is 12.4 Å². The summed E-state index contributed by atoms with van der Waals surface area (Å²) >= 11 is 0. The van der Waals surface area contributed by atoms with E-state index in [1.807, 2.05) is 42.3 Å². The van der Waals surface area contributed by atoms with Crippen LogP contribution in [-0.4, -0.2) is 48.4 Å². The van der Waals surface area contributed by atoms with Gasteiger partial charge in [-0.25, -0.2) is 9.78 Å². The number of likely N-dealkylation sites (N-methyl/N-ethyl adjacent to an activating group) is 1. The number of nitrogens with one attached hydrogen (secondary N) is 1. The van der Waals surface area contributed by atoms with Crippen LogP contribution < -0.4 is 10.1 Å². The smallest absolute Gasteiger partial charge is 0.474 e. The van der Waals surface area contributed by atoms with E-state index < -0.39 is 23.9 Å². The summed E-state index contributed by atoms with van der Waals surface area (Å²) in [7, 11) is 1.89. The molecule has 2 heterocycles. The molecular weight excluding hydrogens is 523 g/mol. The first-order chi connectivity index (χ1) is 19.0. The van der Waals surface area contributed by atoms with Gasteiger partial charge in [0.15, 0.2) is 0 Å². The highest BCUT2D eigenvalue weighted by Crippen LogP contribution is 2.46. The Morgan fingerprint density at radius 2 is 1.77 bits per heavy atom. The number of anilines is 1. The number of rotatable bonds is 9. The van der Waals surface area contributed by atoms with Crippen molar-refractivity contribution in [2.75, 3.05) is 25.5 Å². The largest absolute Gasteiger partial charge is 0.513 e. The lowest BCUT2D eigenvalue weighted by Gasteiger charge is -2.31. The van der Waals surface area contributed by atoms with E-state index in [-0.39, 0.29) is 41.1 Å². The second kappa shape index (κ2) is 12.4. The van der Waals surface area contributed by atoms with Gasteiger partial charge in [-0.2, -0.15) is 13.2 Å². The molecule has 0 saturated carbocycles. The molecule has 0 spiro atoms. The topological polar surface area (TPSA) is 72.9 Å². The first kappa shape index (κ1) is 28.9. The third kappa shape index (κ3) is 6.93. The average molecular weight is 556 g/mol. The molecule has 212 valence electrons. The fraction of sp³-hybridized carbons (Fsp3) is 0.333. The molecule has 1 N–H and O–H groups in total. The summed E-state index contributed by atoms with van der Waals surface area (Å²) in [6, 6.07) is 16.0. The highest BCUT2D eigenvalue weighted by Gasteiger charge is 2.39. The van der Waals surface area contributed by atoms with E-state index in [1.54, 1.807) is 26.8 Å². The first-order valence-corrected chi connectivity index (χ1v) is 12.9. The van der Waals surface area contributed by atoms with E-state index in [9.17, 15) is 18.0 Å². The van der Waals surface area contributed by atoms with E-state index in [0.717, 1.165) is 11.6 Å². The van der Waals surface area contributed by atoms with E-state index in [0.29, 0.717) is 18.8 Å². The Hall–Kier alpha value is -4.05. The number of aromatic nitrogens is 1. The van der Waals surface area contributed by atoms with Crippen LogP contribution in [0.1, 0.15) is 43.0 Å². The molecule has 10 heteroatoms. The number of halogens is 3. The molecule has 1 aromatic heterocycles. The molecule has 1 atom stereocenters. The van der Waals surface area contributed by atoms with Crippen molar-refractivity contribution >= 4 is 17.4 Å². The van der Waals surface area contributed by atoms with E-state index in [1.165, 1.54) is 24.4 Å². The van der Waals surface area contributed by atoms with Gasteiger partial charge >= 0.3 is 12.3 Å². The monoisotopic (exact) mass is 555 g/mol. The first-order valence-electron chi connectivity index (χ1n) is 12.9. The number of alkyl halides is 3. The molecule has 1 aliphatic heterocycles. The summed E-state index contributed by atoms with van der Waals surface area (Å²) in [6.07, 6.45) is -4.47. The molecule has 1 aliphatic rings. The predicted molar refractivity (Wildman–Crippen MR) is 146 cm³/mol. The Bertz CT molecular complexity index is 1360. The van der Waals surface area contributed by atoms with Crippen molar-refractivity contribution in [3.8, 4) is 5.88 Å². The van der Waals surface area contributed by atoms with E-state index >= 15 is 0 Å². The number of hydrogen-bond donors (Lipinski definition) is 1. The average Bonchev–Trinajstić information content (AvgIpc) is 2.89. The molecule has 2 aromatic carbocycles. The molecule has 7 nitrogen and oxygen atoms in total. The highest BCUT2D eigenvalue weighted by atomic mass is 19.4. The Morgan fingerprint density at radius 3 is 2.48 bits per heavy atom. The zero-order valence-corrected chi connectivity index (χ0v) is 22.8. The second-order valence-corrected chi connectivity index (χ2v) is 9.78. The van der Waals surface area contributed by atoms with Crippen molar-refractivity contribution in [2.45, 2.75) is 45.6 Å². The van der Waals surface area contributed by atoms with Gasteiger partial charge in [0.05, 0.1) is 23.3 Å². The molecule has 40 heavy (non-hydrogen) atoms. The van der Waals surface area contributed by atoms with Crippen molar-refractivity contribution in [2.24, 2.45) is 0 Å². The van der Waals surface area contributed by atoms with Crippen LogP contribution in [0, 0.1) is 0 Å². The maximum Gasteiger partial charge on any atom is 0.513 e. The van der Waals surface area contributed by atoms with Gasteiger partial charge in [0.25, 0.3) is 0 Å². The summed E-state index contributed by atoms with van der Waals surface area (Å²) in [5, 5.41) is 3.19. The van der Waals surface area contributed by atoms with Crippen LogP contribution in [0.3, 0.4) is 0 Å². The molecule has 0 bridgehead atoms. The lowest BCUT2D eigenvalue weighted by Crippen LogP contribution is -2.30. The maximum atomic E-state index is 14.2. The van der Waals surface area contributed by atoms with Gasteiger partial charge in [0, 0.05) is 30.5 Å². The van der Waals surface area contributed by atoms with Gasteiger partial charge in [-0.05, 0) is 51.1 Å². The van der Waals surface area contributed by atoms with Crippen molar-refractivity contribution in [1.82, 2.24) is 9.88 Å². The lowest BCUT2D eigenvalue weighted by molar-refractivity contribution is -0.137. The third-order valence-corrected chi connectivity index (χ3v) is 6.21. The van der Waals surface area contributed by atoms with Crippen molar-refractivity contribution in [3.05, 3.63) is 94.9 Å². The minimum absolute atomic E-state index is 0.0200. The maximum absolute atomic E-state index is 14.2. The van der Waals surface area contributed by atoms with Crippen LogP contribution in [0.25, 0.3) is 5.57 Å². The van der Waals surface area contributed by atoms with Crippen molar-refractivity contribution < 1.29 is 32.2 Å². The molecule has 0 radical (unpaired) electrons. The number of benzene rings is 2. The number of fused-ring (bicyclic) bond motifs is 1. The zero-order valence-electron chi connectivity index (χ0n) is 22.8. The Kier molecular flexibility index (Phi) is 8.99. The van der Waals surface area contributed by atoms with Crippen molar-refractivity contribution in [3.63, 3.8) is 0 Å². The Labute approximate surface area is 231 Å². The van der Waals surface area contributed by atoms with Crippen LogP contribution in [0.4, 0.5) is 23.7 Å². The SMILES string of the molecule is CC(C)Oc1nccc2c1C(c1ccccc1C(F)(F)F)=C(OC(=O)OCCN(C)Cc1ccccc1)C(C)N2. The minimum Gasteiger partial charge on any atom is -0.474 e. The van der Waals surface area contributed by atoms with Crippen LogP contribution in [0.2, 0.25) is 0 Å². The fourth-order valence-electron chi connectivity index (χ4n) is 4.49. The number of hydrogen-bond acceptors (Lipinski definition) is 7. The van der Waals surface area contributed by atoms with Gasteiger partial charge in [-0.1, -0.05) is 48.5 Å². The molecule has 4 rings (SSSR count). The lowest BCUT2D eigenvalue weighted by atomic mass is 9.88. The molecule has 0 saturated heterocycles. The fourth-order valence-corrected chi connectivity index (χ4v) is 4.49. The zero-order chi connectivity index (χ0) is 28.9. The van der Waals surface area contributed by atoms with Crippen LogP contribution in [0.15, 0.2) is 72.6 Å². The quantitative estimate of drug-likeness (QED) is 0.293. The molecule has 0 amide bonds. The van der Waals surface area contributed by atoms with Gasteiger partial charge in [-0.15, -0.1) is 0 Å². The summed E-state index contributed by atoms with van der Waals surface area (Å²) in [6.45, 7) is 6.39. The molecule has 1 unspecified atom stereocenters. The summed E-state index contributed by atoms with van der Waals surface area (Å²) < 4.78 is 59.3. The molecule has 0 fully saturated rings. The molecule has 3 aromatic rings. The Morgan fingerprint density at radius 1 is 1.07 bits per heavy atom. The van der Waals surface area contributed by atoms with E-state index in [4.69, 9.17) is 14.2 Å². The standard InChI is InChI=1S/C30H32F3N3O4/c1-19(2)39-28-26-24(14-15-34-28)35-20(3)27(25(26)22-12-8-9-13-23(22)30(31,32)33)40-29(37)38-17-16-36(4)18-21-10-6-5-7-11-21/h5-15,19-20,35H,16-18H2,1-4H3. The number of pyridine rings is 1. The van der Waals surface area contributed by atoms with Crippen LogP contribution in [0.5, 0.6) is 5.88 Å². The number of nitrogens with zero attached hydrogens (tertiary/aromatic N) is 2. The van der Waals surface area contributed by atoms with Crippen molar-refractivity contribution in [1.29, 1.82) is 0 Å². The number of ether oxygens (including phenoxy) is 3. The molecule has 0 aliphatic carbocycles. The van der Waals surface area contributed by atoms with Crippen LogP contribution >= 0.6 is 0 Å². The summed E-state index contributed by atoms with van der Waals surface area (Å²) in [5.41, 5.74) is 0.929. The van der Waals surface area contributed by atoms with Gasteiger partial charge < -0.3 is 19.5 Å². The predicted octanol–water partition coefficient (Wildman–Crippen LogP) is 6.75. The summed E-state index contributed by atoms with van der Waals surface area (Å²) in [4.78, 5) is 19.1. The van der Waals surface area contributed by atoms with Crippen LogP contribution in [-0.2, 0) is 22.2 Å². The second-order valence-electron chi connectivity index (χ2n) is 9.78. The number of carbonyl (C=O) groups is 1. The highest BCUT2D eigenvalue weighted by molar-refractivity contribution is 5.94. The summed E-state index contributed by atoms with van der Waals surface area (Å²) in [5.74, 6) is 0.101. The minimum atomic E-state index is -4.66. The van der Waals surface area contributed by atoms with Gasteiger partial charge in [-0.3, -0.25) is 4.90 Å². The third-order valence-electron chi connectivity index (χ3n) is 6.21. The normalized spacial score (nSPS) is 15.1. The Balaban J connectivity index is 1.66.